The second kappa shape index (κ2) is 4.97. The van der Waals surface area contributed by atoms with Gasteiger partial charge < -0.3 is 5.32 Å². The summed E-state index contributed by atoms with van der Waals surface area (Å²) in [4.78, 5) is 0. The zero-order chi connectivity index (χ0) is 10.7. The van der Waals surface area contributed by atoms with Crippen LogP contribution in [0.2, 0.25) is 0 Å². The van der Waals surface area contributed by atoms with E-state index in [0.29, 0.717) is 11.9 Å². The first-order valence-electron chi connectivity index (χ1n) is 5.03. The first kappa shape index (κ1) is 10.9. The zero-order valence-electron chi connectivity index (χ0n) is 8.66. The molecule has 0 saturated heterocycles. The Kier molecular flexibility index (Phi) is 3.62. The third-order valence-corrected chi connectivity index (χ3v) is 3.85. The number of benzene rings is 1. The molecule has 80 valence electrons. The molecule has 0 bridgehead atoms. The summed E-state index contributed by atoms with van der Waals surface area (Å²) in [6.45, 7) is 0. The van der Waals surface area contributed by atoms with Gasteiger partial charge in [-0.1, -0.05) is 12.1 Å². The number of alkyl halides is 1. The van der Waals surface area contributed by atoms with Gasteiger partial charge in [0.15, 0.2) is 0 Å². The molecule has 0 aliphatic rings. The van der Waals surface area contributed by atoms with E-state index in [1.165, 1.54) is 15.6 Å². The maximum absolute atomic E-state index is 5.85. The number of hydrogen-bond donors (Lipinski definition) is 1. The quantitative estimate of drug-likeness (QED) is 0.808. The van der Waals surface area contributed by atoms with Crippen molar-refractivity contribution in [3.8, 4) is 0 Å². The molecule has 0 radical (unpaired) electrons. The van der Waals surface area contributed by atoms with Gasteiger partial charge in [0.25, 0.3) is 0 Å². The number of halogens is 1. The molecule has 1 N–H and O–H groups in total. The van der Waals surface area contributed by atoms with Crippen LogP contribution in [0.1, 0.15) is 5.56 Å². The number of likely N-dealkylation sites (N-methyl/N-ethyl adjacent to an activating group) is 1. The molecule has 1 nitrogen and oxygen atoms in total. The predicted octanol–water partition coefficient (Wildman–Crippen LogP) is 3.27. The summed E-state index contributed by atoms with van der Waals surface area (Å²) in [7, 11) is 1.96. The lowest BCUT2D eigenvalue weighted by atomic mass is 10.1. The van der Waals surface area contributed by atoms with Crippen LogP contribution in [0.15, 0.2) is 29.6 Å². The van der Waals surface area contributed by atoms with E-state index in [2.05, 4.69) is 35.0 Å². The molecule has 1 aromatic heterocycles. The van der Waals surface area contributed by atoms with Crippen LogP contribution in [-0.4, -0.2) is 19.0 Å². The van der Waals surface area contributed by atoms with Crippen LogP contribution in [-0.2, 0) is 6.42 Å². The molecule has 0 aliphatic heterocycles. The summed E-state index contributed by atoms with van der Waals surface area (Å²) in [6.07, 6.45) is 0.994. The Balaban J connectivity index is 2.20. The highest BCUT2D eigenvalue weighted by molar-refractivity contribution is 7.17. The summed E-state index contributed by atoms with van der Waals surface area (Å²) in [5.74, 6) is 0.652. The van der Waals surface area contributed by atoms with Gasteiger partial charge in [-0.3, -0.25) is 0 Å². The summed E-state index contributed by atoms with van der Waals surface area (Å²) >= 11 is 7.65. The largest absolute Gasteiger partial charge is 0.315 e. The Hall–Kier alpha value is -0.570. The highest BCUT2D eigenvalue weighted by Crippen LogP contribution is 2.22. The van der Waals surface area contributed by atoms with Gasteiger partial charge in [0.2, 0.25) is 0 Å². The standard InChI is InChI=1S/C12H14ClNS/c1-14-11(8-13)6-9-2-3-10-4-5-15-12(10)7-9/h2-5,7,11,14H,6,8H2,1H3. The number of nitrogens with one attached hydrogen (secondary N) is 1. The minimum atomic E-state index is 0.365. The Labute approximate surface area is 99.1 Å². The third-order valence-electron chi connectivity index (χ3n) is 2.60. The van der Waals surface area contributed by atoms with Gasteiger partial charge in [-0.15, -0.1) is 22.9 Å². The van der Waals surface area contributed by atoms with E-state index in [1.807, 2.05) is 7.05 Å². The van der Waals surface area contributed by atoms with Crippen molar-refractivity contribution >= 4 is 33.0 Å². The summed E-state index contributed by atoms with van der Waals surface area (Å²) in [6, 6.07) is 9.15. The molecule has 1 aromatic carbocycles. The fourth-order valence-electron chi connectivity index (χ4n) is 1.64. The molecule has 0 fully saturated rings. The van der Waals surface area contributed by atoms with E-state index in [-0.39, 0.29) is 0 Å². The molecule has 0 spiro atoms. The van der Waals surface area contributed by atoms with Gasteiger partial charge in [-0.25, -0.2) is 0 Å². The van der Waals surface area contributed by atoms with E-state index in [0.717, 1.165) is 6.42 Å². The maximum atomic E-state index is 5.85. The van der Waals surface area contributed by atoms with Crippen molar-refractivity contribution < 1.29 is 0 Å². The molecule has 1 atom stereocenters. The van der Waals surface area contributed by atoms with E-state index in [4.69, 9.17) is 11.6 Å². The van der Waals surface area contributed by atoms with Crippen LogP contribution in [0.25, 0.3) is 10.1 Å². The van der Waals surface area contributed by atoms with Gasteiger partial charge in [-0.2, -0.15) is 0 Å². The number of rotatable bonds is 4. The Morgan fingerprint density at radius 1 is 1.40 bits per heavy atom. The maximum Gasteiger partial charge on any atom is 0.0380 e. The van der Waals surface area contributed by atoms with Crippen molar-refractivity contribution in [3.05, 3.63) is 35.2 Å². The van der Waals surface area contributed by atoms with Gasteiger partial charge in [0.1, 0.15) is 0 Å². The van der Waals surface area contributed by atoms with E-state index in [1.54, 1.807) is 11.3 Å². The van der Waals surface area contributed by atoms with Gasteiger partial charge in [0, 0.05) is 16.6 Å². The monoisotopic (exact) mass is 239 g/mol. The van der Waals surface area contributed by atoms with Crippen LogP contribution >= 0.6 is 22.9 Å². The van der Waals surface area contributed by atoms with Gasteiger partial charge in [0.05, 0.1) is 0 Å². The molecule has 0 saturated carbocycles. The lowest BCUT2D eigenvalue weighted by Gasteiger charge is -2.12. The van der Waals surface area contributed by atoms with E-state index >= 15 is 0 Å². The third kappa shape index (κ3) is 2.51. The average molecular weight is 240 g/mol. The van der Waals surface area contributed by atoms with Crippen LogP contribution < -0.4 is 5.32 Å². The fourth-order valence-corrected chi connectivity index (χ4v) is 2.76. The number of hydrogen-bond acceptors (Lipinski definition) is 2. The van der Waals surface area contributed by atoms with Crippen LogP contribution in [0, 0.1) is 0 Å². The SMILES string of the molecule is CNC(CCl)Cc1ccc2ccsc2c1. The average Bonchev–Trinajstić information content (AvgIpc) is 2.73. The molecule has 1 heterocycles. The van der Waals surface area contributed by atoms with E-state index < -0.39 is 0 Å². The van der Waals surface area contributed by atoms with Crippen molar-refractivity contribution in [3.63, 3.8) is 0 Å². The Morgan fingerprint density at radius 2 is 2.27 bits per heavy atom. The summed E-state index contributed by atoms with van der Waals surface area (Å²) in [5, 5.41) is 6.67. The molecule has 2 rings (SSSR count). The highest BCUT2D eigenvalue weighted by atomic mass is 35.5. The Bertz CT molecular complexity index is 434. The van der Waals surface area contributed by atoms with Crippen molar-refractivity contribution in [2.45, 2.75) is 12.5 Å². The first-order valence-corrected chi connectivity index (χ1v) is 6.44. The summed E-state index contributed by atoms with van der Waals surface area (Å²) < 4.78 is 1.36. The van der Waals surface area contributed by atoms with Gasteiger partial charge in [-0.05, 0) is 41.9 Å². The normalized spacial score (nSPS) is 13.2. The lowest BCUT2D eigenvalue weighted by molar-refractivity contribution is 0.614. The molecule has 0 aliphatic carbocycles. The Morgan fingerprint density at radius 3 is 3.00 bits per heavy atom. The van der Waals surface area contributed by atoms with Crippen LogP contribution in [0.5, 0.6) is 0 Å². The van der Waals surface area contributed by atoms with Crippen molar-refractivity contribution in [2.75, 3.05) is 12.9 Å². The lowest BCUT2D eigenvalue weighted by Crippen LogP contribution is -2.29. The zero-order valence-corrected chi connectivity index (χ0v) is 10.2. The molecule has 3 heteroatoms. The molecule has 1 unspecified atom stereocenters. The second-order valence-corrected chi connectivity index (χ2v) is 4.89. The van der Waals surface area contributed by atoms with Crippen LogP contribution in [0.3, 0.4) is 0 Å². The molecular weight excluding hydrogens is 226 g/mol. The topological polar surface area (TPSA) is 12.0 Å². The predicted molar refractivity (Wildman–Crippen MR) is 69.1 cm³/mol. The molecular formula is C12H14ClNS. The minimum Gasteiger partial charge on any atom is -0.315 e. The minimum absolute atomic E-state index is 0.365. The van der Waals surface area contributed by atoms with Crippen molar-refractivity contribution in [2.24, 2.45) is 0 Å². The second-order valence-electron chi connectivity index (χ2n) is 3.64. The summed E-state index contributed by atoms with van der Waals surface area (Å²) in [5.41, 5.74) is 1.35. The fraction of sp³-hybridized carbons (Fsp3) is 0.333. The van der Waals surface area contributed by atoms with Gasteiger partial charge >= 0.3 is 0 Å². The smallest absolute Gasteiger partial charge is 0.0380 e. The van der Waals surface area contributed by atoms with Crippen molar-refractivity contribution in [1.82, 2.24) is 5.32 Å². The van der Waals surface area contributed by atoms with Crippen LogP contribution in [0.4, 0.5) is 0 Å². The molecule has 15 heavy (non-hydrogen) atoms. The first-order chi connectivity index (χ1) is 7.33. The number of fused-ring (bicyclic) bond motifs is 1. The highest BCUT2D eigenvalue weighted by Gasteiger charge is 2.06. The molecule has 2 aromatic rings. The van der Waals surface area contributed by atoms with E-state index in [9.17, 15) is 0 Å². The number of thiophene rings is 1. The van der Waals surface area contributed by atoms with Crippen molar-refractivity contribution in [1.29, 1.82) is 0 Å². The molecule has 0 amide bonds.